The number of benzene rings is 1. The molecule has 3 nitrogen and oxygen atoms in total. The van der Waals surface area contributed by atoms with E-state index in [9.17, 15) is 4.79 Å². The molecule has 0 aliphatic carbocycles. The van der Waals surface area contributed by atoms with Crippen LogP contribution in [0, 0.1) is 0 Å². The smallest absolute Gasteiger partial charge is 0.324 e. The summed E-state index contributed by atoms with van der Waals surface area (Å²) in [5, 5.41) is 4.12. The van der Waals surface area contributed by atoms with E-state index < -0.39 is 5.60 Å². The Bertz CT molecular complexity index is 477. The topological polar surface area (TPSA) is 38.3 Å². The summed E-state index contributed by atoms with van der Waals surface area (Å²) >= 11 is 11.8. The number of morpholine rings is 1. The van der Waals surface area contributed by atoms with E-state index in [1.807, 2.05) is 6.07 Å². The van der Waals surface area contributed by atoms with Gasteiger partial charge in [-0.05, 0) is 17.7 Å². The van der Waals surface area contributed by atoms with Gasteiger partial charge in [-0.15, -0.1) is 0 Å². The van der Waals surface area contributed by atoms with E-state index in [0.29, 0.717) is 23.0 Å². The molecule has 1 N–H and O–H groups in total. The number of hydrogen-bond acceptors (Lipinski definition) is 3. The Hall–Kier alpha value is -0.770. The van der Waals surface area contributed by atoms with E-state index in [-0.39, 0.29) is 12.0 Å². The van der Waals surface area contributed by atoms with Crippen molar-refractivity contribution < 1.29 is 9.53 Å². The number of rotatable bonds is 1. The van der Waals surface area contributed by atoms with Gasteiger partial charge in [-0.1, -0.05) is 29.3 Å². The van der Waals surface area contributed by atoms with E-state index in [4.69, 9.17) is 27.9 Å². The number of carbonyl (C=O) groups is 1. The van der Waals surface area contributed by atoms with Crippen molar-refractivity contribution in [3.8, 4) is 0 Å². The van der Waals surface area contributed by atoms with E-state index in [1.54, 1.807) is 12.1 Å². The zero-order chi connectivity index (χ0) is 11.3. The van der Waals surface area contributed by atoms with Crippen LogP contribution in [-0.4, -0.2) is 18.6 Å². The Morgan fingerprint density at radius 3 is 2.75 bits per heavy atom. The minimum atomic E-state index is -0.546. The first-order chi connectivity index (χ1) is 7.61. The van der Waals surface area contributed by atoms with Gasteiger partial charge in [0.2, 0.25) is 0 Å². The van der Waals surface area contributed by atoms with Gasteiger partial charge in [-0.2, -0.15) is 0 Å². The van der Waals surface area contributed by atoms with Crippen LogP contribution in [0.3, 0.4) is 0 Å². The van der Waals surface area contributed by atoms with Crippen LogP contribution in [0.15, 0.2) is 18.2 Å². The average molecular weight is 258 g/mol. The Morgan fingerprint density at radius 2 is 2.19 bits per heavy atom. The SMILES string of the molecule is O=C1O[C@@]2(c3ccc(Cl)c(Cl)c3)CN[C@@H]1C2. The van der Waals surface area contributed by atoms with Crippen molar-refractivity contribution in [2.45, 2.75) is 18.1 Å². The average Bonchev–Trinajstić information content (AvgIpc) is 2.80. The van der Waals surface area contributed by atoms with Crippen molar-refractivity contribution in [3.05, 3.63) is 33.8 Å². The van der Waals surface area contributed by atoms with Crippen molar-refractivity contribution in [2.75, 3.05) is 6.54 Å². The van der Waals surface area contributed by atoms with Crippen LogP contribution in [0.1, 0.15) is 12.0 Å². The first kappa shape index (κ1) is 10.4. The molecule has 16 heavy (non-hydrogen) atoms. The summed E-state index contributed by atoms with van der Waals surface area (Å²) in [7, 11) is 0. The van der Waals surface area contributed by atoms with Crippen LogP contribution in [0.5, 0.6) is 0 Å². The van der Waals surface area contributed by atoms with Gasteiger partial charge in [0.1, 0.15) is 6.04 Å². The predicted molar refractivity (Wildman–Crippen MR) is 60.6 cm³/mol. The van der Waals surface area contributed by atoms with Gasteiger partial charge < -0.3 is 4.74 Å². The fourth-order valence-corrected chi connectivity index (χ4v) is 2.63. The third-order valence-electron chi connectivity index (χ3n) is 3.19. The van der Waals surface area contributed by atoms with E-state index >= 15 is 0 Å². The molecule has 0 unspecified atom stereocenters. The standard InChI is InChI=1S/C11H9Cl2NO2/c12-7-2-1-6(3-8(7)13)11-4-9(14-5-11)10(15)16-11/h1-3,9,14H,4-5H2/t9-,11-/m1/s1. The Labute approximate surface area is 103 Å². The fourth-order valence-electron chi connectivity index (χ4n) is 2.33. The molecule has 2 atom stereocenters. The molecule has 5 heteroatoms. The summed E-state index contributed by atoms with van der Waals surface area (Å²) in [6.45, 7) is 0.640. The monoisotopic (exact) mass is 257 g/mol. The summed E-state index contributed by atoms with van der Waals surface area (Å²) in [4.78, 5) is 11.4. The Kier molecular flexibility index (Phi) is 2.18. The van der Waals surface area contributed by atoms with Crippen molar-refractivity contribution in [2.24, 2.45) is 0 Å². The number of hydrogen-bond donors (Lipinski definition) is 1. The fraction of sp³-hybridized carbons (Fsp3) is 0.364. The lowest BCUT2D eigenvalue weighted by atomic mass is 9.93. The lowest BCUT2D eigenvalue weighted by molar-refractivity contribution is -0.153. The molecule has 0 aromatic heterocycles. The first-order valence-corrected chi connectivity index (χ1v) is 5.78. The highest BCUT2D eigenvalue weighted by molar-refractivity contribution is 6.42. The van der Waals surface area contributed by atoms with Crippen molar-refractivity contribution >= 4 is 29.2 Å². The maximum absolute atomic E-state index is 11.4. The van der Waals surface area contributed by atoms with Gasteiger partial charge in [0.05, 0.1) is 10.0 Å². The zero-order valence-corrected chi connectivity index (χ0v) is 9.81. The van der Waals surface area contributed by atoms with Crippen LogP contribution in [-0.2, 0) is 15.1 Å². The minimum absolute atomic E-state index is 0.172. The quantitative estimate of drug-likeness (QED) is 0.784. The summed E-state index contributed by atoms with van der Waals surface area (Å²) in [5.41, 5.74) is 0.360. The normalized spacial score (nSPS) is 31.9. The molecule has 1 aromatic carbocycles. The maximum atomic E-state index is 11.4. The molecular weight excluding hydrogens is 249 g/mol. The van der Waals surface area contributed by atoms with E-state index in [2.05, 4.69) is 5.32 Å². The summed E-state index contributed by atoms with van der Waals surface area (Å²) in [6.07, 6.45) is 0.670. The molecule has 2 heterocycles. The number of fused-ring (bicyclic) bond motifs is 2. The minimum Gasteiger partial charge on any atom is -0.452 e. The molecule has 0 spiro atoms. The van der Waals surface area contributed by atoms with Crippen molar-refractivity contribution in [1.29, 1.82) is 0 Å². The molecular formula is C11H9Cl2NO2. The van der Waals surface area contributed by atoms with Crippen molar-refractivity contribution in [1.82, 2.24) is 5.32 Å². The largest absolute Gasteiger partial charge is 0.452 e. The molecule has 2 aliphatic heterocycles. The zero-order valence-electron chi connectivity index (χ0n) is 8.30. The summed E-state index contributed by atoms with van der Waals surface area (Å²) in [6, 6.07) is 5.19. The highest BCUT2D eigenvalue weighted by atomic mass is 35.5. The highest BCUT2D eigenvalue weighted by Crippen LogP contribution is 2.42. The third kappa shape index (κ3) is 1.35. The second-order valence-corrected chi connectivity index (χ2v) is 5.00. The molecule has 2 bridgehead atoms. The molecule has 2 saturated heterocycles. The lowest BCUT2D eigenvalue weighted by Crippen LogP contribution is -2.40. The number of halogens is 2. The Balaban J connectivity index is 2.04. The van der Waals surface area contributed by atoms with Crippen molar-refractivity contribution in [3.63, 3.8) is 0 Å². The second-order valence-electron chi connectivity index (χ2n) is 4.18. The Morgan fingerprint density at radius 1 is 1.38 bits per heavy atom. The van der Waals surface area contributed by atoms with Gasteiger partial charge in [-0.25, -0.2) is 0 Å². The number of ether oxygens (including phenoxy) is 1. The van der Waals surface area contributed by atoms with Crippen LogP contribution in [0.4, 0.5) is 0 Å². The van der Waals surface area contributed by atoms with E-state index in [1.165, 1.54) is 0 Å². The van der Waals surface area contributed by atoms with Crippen LogP contribution in [0.2, 0.25) is 10.0 Å². The molecule has 84 valence electrons. The predicted octanol–water partition coefficient (Wildman–Crippen LogP) is 2.11. The molecule has 0 radical (unpaired) electrons. The molecule has 0 amide bonds. The van der Waals surface area contributed by atoms with Gasteiger partial charge in [0.15, 0.2) is 5.60 Å². The lowest BCUT2D eigenvalue weighted by Gasteiger charge is -2.27. The number of carbonyl (C=O) groups excluding carboxylic acids is 1. The van der Waals surface area contributed by atoms with Gasteiger partial charge >= 0.3 is 5.97 Å². The molecule has 1 aromatic rings. The van der Waals surface area contributed by atoms with E-state index in [0.717, 1.165) is 5.56 Å². The first-order valence-electron chi connectivity index (χ1n) is 5.02. The highest BCUT2D eigenvalue weighted by Gasteiger charge is 2.53. The number of esters is 1. The van der Waals surface area contributed by atoms with Crippen LogP contribution >= 0.6 is 23.2 Å². The summed E-state index contributed by atoms with van der Waals surface area (Å²) in [5.74, 6) is -0.183. The van der Waals surface area contributed by atoms with Crippen LogP contribution in [0.25, 0.3) is 0 Å². The molecule has 2 fully saturated rings. The van der Waals surface area contributed by atoms with Gasteiger partial charge in [-0.3, -0.25) is 10.1 Å². The molecule has 0 saturated carbocycles. The maximum Gasteiger partial charge on any atom is 0.324 e. The van der Waals surface area contributed by atoms with Gasteiger partial charge in [0, 0.05) is 13.0 Å². The molecule has 2 aliphatic rings. The third-order valence-corrected chi connectivity index (χ3v) is 3.93. The second kappa shape index (κ2) is 3.36. The molecule has 3 rings (SSSR count). The number of nitrogens with one attached hydrogen (secondary N) is 1. The van der Waals surface area contributed by atoms with Crippen LogP contribution < -0.4 is 5.32 Å². The summed E-state index contributed by atoms with van der Waals surface area (Å²) < 4.78 is 5.43. The van der Waals surface area contributed by atoms with Gasteiger partial charge in [0.25, 0.3) is 0 Å².